The van der Waals surface area contributed by atoms with Gasteiger partial charge in [0.1, 0.15) is 11.2 Å². The second-order valence-corrected chi connectivity index (χ2v) is 14.5. The quantitative estimate of drug-likeness (QED) is 0.160. The number of hydrogen-bond donors (Lipinski definition) is 0. The molecule has 2 nitrogen and oxygen atoms in total. The summed E-state index contributed by atoms with van der Waals surface area (Å²) in [7, 11) is 0. The van der Waals surface area contributed by atoms with Crippen molar-refractivity contribution < 1.29 is 4.42 Å². The predicted octanol–water partition coefficient (Wildman–Crippen LogP) is 15.5. The zero-order valence-electron chi connectivity index (χ0n) is 30.6. The lowest BCUT2D eigenvalue weighted by Crippen LogP contribution is -2.11. The summed E-state index contributed by atoms with van der Waals surface area (Å²) in [6.45, 7) is 0. The van der Waals surface area contributed by atoms with Gasteiger partial charge in [-0.1, -0.05) is 176 Å². The lowest BCUT2D eigenvalue weighted by Gasteiger charge is -2.28. The van der Waals surface area contributed by atoms with Gasteiger partial charge < -0.3 is 9.32 Å². The van der Waals surface area contributed by atoms with Gasteiger partial charge in [-0.05, 0) is 85.1 Å². The average Bonchev–Trinajstić information content (AvgIpc) is 3.66. The van der Waals surface area contributed by atoms with E-state index >= 15 is 0 Å². The normalized spacial score (nSPS) is 11.6. The molecule has 0 aliphatic rings. The molecule has 0 bridgehead atoms. The molecule has 0 radical (unpaired) electrons. The molecule has 0 unspecified atom stereocenters. The topological polar surface area (TPSA) is 16.4 Å². The van der Waals surface area contributed by atoms with Crippen molar-refractivity contribution in [3.63, 3.8) is 0 Å². The van der Waals surface area contributed by atoms with Gasteiger partial charge in [0.2, 0.25) is 0 Å². The van der Waals surface area contributed by atoms with Crippen LogP contribution in [0, 0.1) is 0 Å². The van der Waals surface area contributed by atoms with E-state index in [1.807, 2.05) is 0 Å². The maximum atomic E-state index is 7.04. The van der Waals surface area contributed by atoms with Crippen molar-refractivity contribution in [2.75, 3.05) is 4.90 Å². The van der Waals surface area contributed by atoms with Crippen LogP contribution in [-0.2, 0) is 0 Å². The Morgan fingerprint density at radius 1 is 0.321 bits per heavy atom. The number of benzene rings is 10. The van der Waals surface area contributed by atoms with Crippen molar-refractivity contribution >= 4 is 71.3 Å². The second-order valence-electron chi connectivity index (χ2n) is 14.5. The van der Waals surface area contributed by atoms with Crippen molar-refractivity contribution in [1.82, 2.24) is 0 Å². The molecule has 11 rings (SSSR count). The van der Waals surface area contributed by atoms with Gasteiger partial charge in [0, 0.05) is 39.2 Å². The first kappa shape index (κ1) is 32.0. The standard InChI is InChI=1S/C54H35NO/c1-3-14-36(15-4-1)38-26-30-41(31-27-38)55(42-32-28-39(29-33-42)37-16-5-2-6-17-37)51-35-52-50(34-49(51)44-25-13-19-40-18-7-8-20-43(40)44)53-47-23-11-9-21-45(47)46-22-10-12-24-48(46)54(53)56-52/h1-35H. The van der Waals surface area contributed by atoms with Crippen LogP contribution < -0.4 is 4.90 Å². The van der Waals surface area contributed by atoms with Crippen LogP contribution in [0.2, 0.25) is 0 Å². The maximum absolute atomic E-state index is 7.04. The lowest BCUT2D eigenvalue weighted by atomic mass is 9.92. The maximum Gasteiger partial charge on any atom is 0.143 e. The number of fused-ring (bicyclic) bond motifs is 9. The van der Waals surface area contributed by atoms with Gasteiger partial charge in [0.25, 0.3) is 0 Å². The van der Waals surface area contributed by atoms with E-state index in [1.54, 1.807) is 0 Å². The van der Waals surface area contributed by atoms with E-state index in [4.69, 9.17) is 4.42 Å². The Morgan fingerprint density at radius 2 is 0.804 bits per heavy atom. The zero-order valence-corrected chi connectivity index (χ0v) is 30.6. The molecule has 1 aromatic heterocycles. The minimum atomic E-state index is 0.854. The average molecular weight is 714 g/mol. The summed E-state index contributed by atoms with van der Waals surface area (Å²) in [6, 6.07) is 76.4. The monoisotopic (exact) mass is 713 g/mol. The second kappa shape index (κ2) is 13.2. The van der Waals surface area contributed by atoms with Crippen LogP contribution in [-0.4, -0.2) is 0 Å². The summed E-state index contributed by atoms with van der Waals surface area (Å²) >= 11 is 0. The molecule has 0 saturated heterocycles. The molecular weight excluding hydrogens is 679 g/mol. The zero-order chi connectivity index (χ0) is 37.0. The molecule has 0 aliphatic carbocycles. The van der Waals surface area contributed by atoms with Gasteiger partial charge in [0.15, 0.2) is 0 Å². The summed E-state index contributed by atoms with van der Waals surface area (Å²) in [5.74, 6) is 0. The van der Waals surface area contributed by atoms with Crippen LogP contribution in [0.5, 0.6) is 0 Å². The Kier molecular flexibility index (Phi) is 7.53. The SMILES string of the molecule is c1ccc(-c2ccc(N(c3ccc(-c4ccccc4)cc3)c3cc4oc5c6ccccc6c6ccccc6c5c4cc3-c3cccc4ccccc34)cc2)cc1. The Bertz CT molecular complexity index is 3130. The molecule has 0 amide bonds. The van der Waals surface area contributed by atoms with E-state index in [0.717, 1.165) is 50.0 Å². The number of hydrogen-bond acceptors (Lipinski definition) is 2. The summed E-state index contributed by atoms with van der Waals surface area (Å²) < 4.78 is 7.04. The molecule has 0 aliphatic heterocycles. The molecule has 0 fully saturated rings. The van der Waals surface area contributed by atoms with Crippen LogP contribution in [0.4, 0.5) is 17.1 Å². The number of rotatable bonds is 6. The summed E-state index contributed by atoms with van der Waals surface area (Å²) in [4.78, 5) is 2.39. The van der Waals surface area contributed by atoms with E-state index < -0.39 is 0 Å². The van der Waals surface area contributed by atoms with Crippen LogP contribution >= 0.6 is 0 Å². The molecular formula is C54H35NO. The summed E-state index contributed by atoms with van der Waals surface area (Å²) in [5, 5.41) is 9.40. The van der Waals surface area contributed by atoms with Crippen LogP contribution in [0.3, 0.4) is 0 Å². The Hall–Kier alpha value is -7.42. The highest BCUT2D eigenvalue weighted by Crippen LogP contribution is 2.49. The van der Waals surface area contributed by atoms with Crippen molar-refractivity contribution in [2.24, 2.45) is 0 Å². The number of anilines is 3. The Balaban J connectivity index is 1.22. The van der Waals surface area contributed by atoms with E-state index in [1.165, 1.54) is 54.7 Å². The minimum absolute atomic E-state index is 0.854. The fourth-order valence-electron chi connectivity index (χ4n) is 8.60. The first-order valence-corrected chi connectivity index (χ1v) is 19.2. The molecule has 0 spiro atoms. The van der Waals surface area contributed by atoms with E-state index in [0.29, 0.717) is 0 Å². The lowest BCUT2D eigenvalue weighted by molar-refractivity contribution is 0.673. The van der Waals surface area contributed by atoms with Gasteiger partial charge in [-0.15, -0.1) is 0 Å². The highest BCUT2D eigenvalue weighted by Gasteiger charge is 2.24. The third-order valence-electron chi connectivity index (χ3n) is 11.3. The van der Waals surface area contributed by atoms with Crippen LogP contribution in [0.1, 0.15) is 0 Å². The van der Waals surface area contributed by atoms with Crippen molar-refractivity contribution in [2.45, 2.75) is 0 Å². The molecule has 0 saturated carbocycles. The molecule has 1 heterocycles. The molecule has 2 heteroatoms. The largest absolute Gasteiger partial charge is 0.455 e. The molecule has 10 aromatic carbocycles. The van der Waals surface area contributed by atoms with E-state index in [9.17, 15) is 0 Å². The molecule has 11 aromatic rings. The summed E-state index contributed by atoms with van der Waals surface area (Å²) in [5.41, 5.74) is 12.0. The highest BCUT2D eigenvalue weighted by atomic mass is 16.3. The predicted molar refractivity (Wildman–Crippen MR) is 237 cm³/mol. The molecule has 0 N–H and O–H groups in total. The smallest absolute Gasteiger partial charge is 0.143 e. The van der Waals surface area contributed by atoms with Gasteiger partial charge in [-0.3, -0.25) is 0 Å². The summed E-state index contributed by atoms with van der Waals surface area (Å²) in [6.07, 6.45) is 0. The third-order valence-corrected chi connectivity index (χ3v) is 11.3. The first-order chi connectivity index (χ1) is 27.8. The number of furan rings is 1. The van der Waals surface area contributed by atoms with Crippen LogP contribution in [0.25, 0.3) is 87.6 Å². The van der Waals surface area contributed by atoms with Gasteiger partial charge >= 0.3 is 0 Å². The molecule has 56 heavy (non-hydrogen) atoms. The fourth-order valence-corrected chi connectivity index (χ4v) is 8.60. The van der Waals surface area contributed by atoms with Crippen LogP contribution in [0.15, 0.2) is 217 Å². The van der Waals surface area contributed by atoms with Crippen molar-refractivity contribution in [3.05, 3.63) is 212 Å². The minimum Gasteiger partial charge on any atom is -0.455 e. The molecule has 262 valence electrons. The van der Waals surface area contributed by atoms with Crippen molar-refractivity contribution in [3.8, 4) is 33.4 Å². The third kappa shape index (κ3) is 5.26. The first-order valence-electron chi connectivity index (χ1n) is 19.2. The van der Waals surface area contributed by atoms with E-state index in [-0.39, 0.29) is 0 Å². The Morgan fingerprint density at radius 3 is 1.43 bits per heavy atom. The van der Waals surface area contributed by atoms with Gasteiger partial charge in [0.05, 0.1) is 5.69 Å². The molecule has 0 atom stereocenters. The van der Waals surface area contributed by atoms with Gasteiger partial charge in [-0.2, -0.15) is 0 Å². The fraction of sp³-hybridized carbons (Fsp3) is 0. The highest BCUT2D eigenvalue weighted by molar-refractivity contribution is 6.30. The Labute approximate surface area is 325 Å². The number of nitrogens with zero attached hydrogens (tertiary/aromatic N) is 1. The van der Waals surface area contributed by atoms with E-state index in [2.05, 4.69) is 217 Å². The van der Waals surface area contributed by atoms with Crippen molar-refractivity contribution in [1.29, 1.82) is 0 Å². The van der Waals surface area contributed by atoms with Gasteiger partial charge in [-0.25, -0.2) is 0 Å².